The quantitative estimate of drug-likeness (QED) is 0.868. The molecule has 0 aliphatic heterocycles. The number of nitrogens with zero attached hydrogens (tertiary/aromatic N) is 2. The molecule has 0 bridgehead atoms. The standard InChI is InChI=1S/C12H16N4OS/c1-3-4-10-16-9(6-18-10)5-13-12(17)11-8(2)14-7-15-11/h6-7H,3-5H2,1-2H3,(H,13,17)(H,14,15). The summed E-state index contributed by atoms with van der Waals surface area (Å²) in [5, 5.41) is 5.93. The average Bonchev–Trinajstić information content (AvgIpc) is 2.96. The Morgan fingerprint density at radius 1 is 1.56 bits per heavy atom. The fourth-order valence-corrected chi connectivity index (χ4v) is 2.50. The van der Waals surface area contributed by atoms with E-state index in [-0.39, 0.29) is 5.91 Å². The number of amides is 1. The van der Waals surface area contributed by atoms with Crippen LogP contribution in [0, 0.1) is 6.92 Å². The van der Waals surface area contributed by atoms with E-state index in [9.17, 15) is 4.79 Å². The highest BCUT2D eigenvalue weighted by Gasteiger charge is 2.11. The van der Waals surface area contributed by atoms with Crippen molar-refractivity contribution in [3.63, 3.8) is 0 Å². The van der Waals surface area contributed by atoms with E-state index in [2.05, 4.69) is 27.2 Å². The lowest BCUT2D eigenvalue weighted by molar-refractivity contribution is 0.0945. The van der Waals surface area contributed by atoms with E-state index in [1.165, 1.54) is 6.33 Å². The molecule has 96 valence electrons. The summed E-state index contributed by atoms with van der Waals surface area (Å²) in [6.07, 6.45) is 3.61. The van der Waals surface area contributed by atoms with Crippen molar-refractivity contribution in [2.24, 2.45) is 0 Å². The van der Waals surface area contributed by atoms with Crippen LogP contribution in [0.3, 0.4) is 0 Å². The Balaban J connectivity index is 1.91. The number of hydrogen-bond donors (Lipinski definition) is 2. The first kappa shape index (κ1) is 12.8. The van der Waals surface area contributed by atoms with Crippen LogP contribution < -0.4 is 5.32 Å². The molecule has 2 heterocycles. The molecular weight excluding hydrogens is 248 g/mol. The minimum absolute atomic E-state index is 0.168. The van der Waals surface area contributed by atoms with E-state index in [4.69, 9.17) is 0 Å². The number of carbonyl (C=O) groups is 1. The average molecular weight is 264 g/mol. The number of imidazole rings is 1. The molecule has 0 atom stereocenters. The van der Waals surface area contributed by atoms with Gasteiger partial charge in [-0.05, 0) is 19.8 Å². The van der Waals surface area contributed by atoms with Gasteiger partial charge in [0, 0.05) is 11.1 Å². The van der Waals surface area contributed by atoms with E-state index in [1.807, 2.05) is 12.3 Å². The fourth-order valence-electron chi connectivity index (χ4n) is 1.60. The highest BCUT2D eigenvalue weighted by molar-refractivity contribution is 7.09. The lowest BCUT2D eigenvalue weighted by Gasteiger charge is -2.01. The third kappa shape index (κ3) is 2.95. The summed E-state index contributed by atoms with van der Waals surface area (Å²) in [5.74, 6) is -0.168. The molecule has 2 aromatic heterocycles. The fraction of sp³-hybridized carbons (Fsp3) is 0.417. The molecule has 0 fully saturated rings. The Kier molecular flexibility index (Phi) is 4.09. The SMILES string of the molecule is CCCc1nc(CNC(=O)c2nc[nH]c2C)cs1. The van der Waals surface area contributed by atoms with Crippen LogP contribution in [0.4, 0.5) is 0 Å². The Morgan fingerprint density at radius 3 is 3.06 bits per heavy atom. The van der Waals surface area contributed by atoms with E-state index < -0.39 is 0 Å². The van der Waals surface area contributed by atoms with Gasteiger partial charge < -0.3 is 10.3 Å². The van der Waals surface area contributed by atoms with Crippen molar-refractivity contribution in [3.05, 3.63) is 33.8 Å². The second-order valence-corrected chi connectivity index (χ2v) is 4.98. The number of rotatable bonds is 5. The van der Waals surface area contributed by atoms with Crippen molar-refractivity contribution in [1.29, 1.82) is 0 Å². The van der Waals surface area contributed by atoms with Crippen molar-refractivity contribution in [2.75, 3.05) is 0 Å². The van der Waals surface area contributed by atoms with Crippen LogP contribution in [-0.2, 0) is 13.0 Å². The van der Waals surface area contributed by atoms with Crippen LogP contribution in [0.5, 0.6) is 0 Å². The van der Waals surface area contributed by atoms with Crippen LogP contribution in [0.15, 0.2) is 11.7 Å². The molecule has 0 spiro atoms. The maximum Gasteiger partial charge on any atom is 0.272 e. The summed E-state index contributed by atoms with van der Waals surface area (Å²) in [6.45, 7) is 4.40. The molecule has 6 heteroatoms. The van der Waals surface area contributed by atoms with Crippen molar-refractivity contribution in [1.82, 2.24) is 20.3 Å². The zero-order chi connectivity index (χ0) is 13.0. The molecule has 2 N–H and O–H groups in total. The van der Waals surface area contributed by atoms with Gasteiger partial charge in [0.05, 0.1) is 23.6 Å². The zero-order valence-corrected chi connectivity index (χ0v) is 11.3. The van der Waals surface area contributed by atoms with Crippen LogP contribution in [-0.4, -0.2) is 20.9 Å². The van der Waals surface area contributed by atoms with Crippen molar-refractivity contribution in [3.8, 4) is 0 Å². The predicted molar refractivity (Wildman–Crippen MR) is 70.6 cm³/mol. The molecule has 0 aromatic carbocycles. The number of aromatic amines is 1. The van der Waals surface area contributed by atoms with Crippen LogP contribution in [0.2, 0.25) is 0 Å². The topological polar surface area (TPSA) is 70.7 Å². The summed E-state index contributed by atoms with van der Waals surface area (Å²) >= 11 is 1.64. The minimum atomic E-state index is -0.168. The molecule has 0 saturated heterocycles. The van der Waals surface area contributed by atoms with Gasteiger partial charge in [-0.15, -0.1) is 11.3 Å². The Bertz CT molecular complexity index is 532. The first-order valence-electron chi connectivity index (χ1n) is 5.92. The second-order valence-electron chi connectivity index (χ2n) is 4.04. The predicted octanol–water partition coefficient (Wildman–Crippen LogP) is 2.06. The van der Waals surface area contributed by atoms with Gasteiger partial charge in [0.15, 0.2) is 0 Å². The molecule has 0 aliphatic carbocycles. The first-order valence-corrected chi connectivity index (χ1v) is 6.80. The Hall–Kier alpha value is -1.69. The summed E-state index contributed by atoms with van der Waals surface area (Å²) in [4.78, 5) is 23.1. The molecule has 2 rings (SSSR count). The largest absolute Gasteiger partial charge is 0.348 e. The second kappa shape index (κ2) is 5.77. The highest BCUT2D eigenvalue weighted by atomic mass is 32.1. The van der Waals surface area contributed by atoms with Gasteiger partial charge in [-0.1, -0.05) is 6.92 Å². The number of thiazole rings is 1. The summed E-state index contributed by atoms with van der Waals surface area (Å²) in [5.41, 5.74) is 2.13. The molecule has 1 amide bonds. The number of nitrogens with one attached hydrogen (secondary N) is 2. The van der Waals surface area contributed by atoms with Crippen LogP contribution in [0.1, 0.15) is 40.2 Å². The van der Waals surface area contributed by atoms with Gasteiger partial charge in [-0.3, -0.25) is 4.79 Å². The number of aromatic nitrogens is 3. The molecule has 0 saturated carbocycles. The number of hydrogen-bond acceptors (Lipinski definition) is 4. The number of carbonyl (C=O) groups excluding carboxylic acids is 1. The third-order valence-electron chi connectivity index (χ3n) is 2.54. The van der Waals surface area contributed by atoms with Crippen LogP contribution in [0.25, 0.3) is 0 Å². The van der Waals surface area contributed by atoms with Gasteiger partial charge in [-0.2, -0.15) is 0 Å². The zero-order valence-electron chi connectivity index (χ0n) is 10.5. The normalized spacial score (nSPS) is 10.6. The minimum Gasteiger partial charge on any atom is -0.348 e. The van der Waals surface area contributed by atoms with E-state index in [0.29, 0.717) is 12.2 Å². The van der Waals surface area contributed by atoms with Gasteiger partial charge in [0.2, 0.25) is 0 Å². The molecule has 0 radical (unpaired) electrons. The van der Waals surface area contributed by atoms with Gasteiger partial charge in [0.1, 0.15) is 5.69 Å². The molecular formula is C12H16N4OS. The van der Waals surface area contributed by atoms with Gasteiger partial charge in [-0.25, -0.2) is 9.97 Å². The first-order chi connectivity index (χ1) is 8.70. The number of H-pyrrole nitrogens is 1. The number of aryl methyl sites for hydroxylation is 2. The lowest BCUT2D eigenvalue weighted by atomic mass is 10.3. The smallest absolute Gasteiger partial charge is 0.272 e. The van der Waals surface area contributed by atoms with Crippen molar-refractivity contribution >= 4 is 17.2 Å². The summed E-state index contributed by atoms with van der Waals surface area (Å²) < 4.78 is 0. The van der Waals surface area contributed by atoms with Crippen LogP contribution >= 0.6 is 11.3 Å². The molecule has 0 unspecified atom stereocenters. The van der Waals surface area contributed by atoms with Crippen molar-refractivity contribution in [2.45, 2.75) is 33.2 Å². The molecule has 0 aliphatic rings. The Morgan fingerprint density at radius 2 is 2.39 bits per heavy atom. The highest BCUT2D eigenvalue weighted by Crippen LogP contribution is 2.11. The third-order valence-corrected chi connectivity index (χ3v) is 3.50. The van der Waals surface area contributed by atoms with E-state index >= 15 is 0 Å². The molecule has 18 heavy (non-hydrogen) atoms. The lowest BCUT2D eigenvalue weighted by Crippen LogP contribution is -2.24. The molecule has 2 aromatic rings. The monoisotopic (exact) mass is 264 g/mol. The van der Waals surface area contributed by atoms with Gasteiger partial charge in [0.25, 0.3) is 5.91 Å². The summed E-state index contributed by atoms with van der Waals surface area (Å²) in [7, 11) is 0. The van der Waals surface area contributed by atoms with Gasteiger partial charge >= 0.3 is 0 Å². The van der Waals surface area contributed by atoms with E-state index in [1.54, 1.807) is 11.3 Å². The summed E-state index contributed by atoms with van der Waals surface area (Å²) in [6, 6.07) is 0. The maximum absolute atomic E-state index is 11.8. The molecule has 5 nitrogen and oxygen atoms in total. The van der Waals surface area contributed by atoms with E-state index in [0.717, 1.165) is 29.2 Å². The maximum atomic E-state index is 11.8. The Labute approximate surface area is 110 Å². The van der Waals surface area contributed by atoms with Crippen molar-refractivity contribution < 1.29 is 4.79 Å².